The Kier molecular flexibility index (Phi) is 5.68. The van der Waals surface area contributed by atoms with Crippen LogP contribution in [0.15, 0.2) is 12.1 Å². The van der Waals surface area contributed by atoms with Crippen molar-refractivity contribution in [3.05, 3.63) is 22.9 Å². The van der Waals surface area contributed by atoms with E-state index in [1.807, 2.05) is 0 Å². The monoisotopic (exact) mass is 366 g/mol. The van der Waals surface area contributed by atoms with Crippen LogP contribution in [-0.4, -0.2) is 23.8 Å². The maximum atomic E-state index is 6.81. The first-order valence-corrected chi connectivity index (χ1v) is 18.2. The van der Waals surface area contributed by atoms with E-state index in [0.717, 1.165) is 0 Å². The summed E-state index contributed by atoms with van der Waals surface area (Å²) < 4.78 is 6.81. The Bertz CT molecular complexity index is 564. The first kappa shape index (κ1) is 20.8. The average Bonchev–Trinajstić information content (AvgIpc) is 2.21. The largest absolute Gasteiger partial charge is 0.548 e. The molecule has 1 aromatic heterocycles. The third-order valence-corrected chi connectivity index (χ3v) is 14.7. The maximum absolute atomic E-state index is 6.81. The molecule has 0 fully saturated rings. The van der Waals surface area contributed by atoms with Gasteiger partial charge in [-0.1, -0.05) is 78.5 Å². The normalized spacial score (nSPS) is 14.1. The van der Waals surface area contributed by atoms with Gasteiger partial charge < -0.3 is 4.43 Å². The van der Waals surface area contributed by atoms with Gasteiger partial charge in [0, 0.05) is 0 Å². The van der Waals surface area contributed by atoms with E-state index in [4.69, 9.17) is 4.43 Å². The van der Waals surface area contributed by atoms with Gasteiger partial charge in [-0.2, -0.15) is 0 Å². The molecular weight excluding hydrogens is 328 g/mol. The van der Waals surface area contributed by atoms with Crippen LogP contribution in [0.3, 0.4) is 0 Å². The van der Waals surface area contributed by atoms with Crippen LogP contribution in [0.25, 0.3) is 0 Å². The summed E-state index contributed by atoms with van der Waals surface area (Å²) in [5, 5.41) is 3.05. The smallest absolute Gasteiger partial charge is 0.241 e. The van der Waals surface area contributed by atoms with Crippen LogP contribution in [0.1, 0.15) is 52.3 Å². The molecule has 0 aromatic carbocycles. The van der Waals surface area contributed by atoms with Crippen molar-refractivity contribution in [3.63, 3.8) is 0 Å². The van der Waals surface area contributed by atoms with E-state index >= 15 is 0 Å². The minimum atomic E-state index is -1.63. The molecule has 0 unspecified atom stereocenters. The summed E-state index contributed by atoms with van der Waals surface area (Å²) in [6.07, 6.45) is 0. The summed E-state index contributed by atoms with van der Waals surface area (Å²) in [5.74, 6) is 0. The van der Waals surface area contributed by atoms with Crippen molar-refractivity contribution in [3.8, 4) is 5.36 Å². The van der Waals surface area contributed by atoms with Crippen LogP contribution in [0, 0.1) is 0 Å². The van der Waals surface area contributed by atoms with E-state index in [1.54, 1.807) is 5.17 Å². The van der Waals surface area contributed by atoms with Crippen LogP contribution in [0.4, 0.5) is 0 Å². The van der Waals surface area contributed by atoms with Crippen molar-refractivity contribution in [1.82, 2.24) is 0 Å². The van der Waals surface area contributed by atoms with Gasteiger partial charge in [-0.3, -0.25) is 0 Å². The van der Waals surface area contributed by atoms with Gasteiger partial charge >= 0.3 is 0 Å². The minimum Gasteiger partial charge on any atom is -0.548 e. The number of hydrogen-bond donors (Lipinski definition) is 0. The standard InChI is InChI=1S/C19H38OSi3/c1-18(2,3)15-13-14-16(19(4,5)6)21(23(10,11)12)17(15)20-22(7,8)9/h13-14H,1-12H3. The lowest BCUT2D eigenvalue weighted by atomic mass is 9.87. The third-order valence-electron chi connectivity index (χ3n) is 3.93. The molecule has 1 heterocycles. The molecule has 0 atom stereocenters. The molecule has 1 rings (SSSR count). The van der Waals surface area contributed by atoms with Crippen molar-refractivity contribution in [2.75, 3.05) is 0 Å². The Morgan fingerprint density at radius 3 is 1.57 bits per heavy atom. The van der Waals surface area contributed by atoms with Crippen LogP contribution >= 0.6 is 0 Å². The van der Waals surface area contributed by atoms with Crippen LogP contribution in [0.2, 0.25) is 39.3 Å². The number of rotatable bonds is 3. The summed E-state index contributed by atoms with van der Waals surface area (Å²) in [6, 6.07) is 4.81. The summed E-state index contributed by atoms with van der Waals surface area (Å²) >= 11 is 0. The molecular formula is C19H38OSi3. The molecule has 0 amide bonds. The van der Waals surface area contributed by atoms with E-state index in [1.165, 1.54) is 10.9 Å². The molecule has 0 aliphatic heterocycles. The van der Waals surface area contributed by atoms with Crippen molar-refractivity contribution in [2.45, 2.75) is 91.7 Å². The second-order valence-electron chi connectivity index (χ2n) is 10.8. The second kappa shape index (κ2) is 6.27. The molecule has 0 saturated heterocycles. The van der Waals surface area contributed by atoms with Gasteiger partial charge in [-0.05, 0) is 36.0 Å². The molecule has 1 nitrogen and oxygen atoms in total. The maximum Gasteiger partial charge on any atom is 0.241 e. The van der Waals surface area contributed by atoms with Gasteiger partial charge in [-0.25, -0.2) is 0 Å². The summed E-state index contributed by atoms with van der Waals surface area (Å²) in [7, 11) is -3.79. The summed E-state index contributed by atoms with van der Waals surface area (Å²) in [5.41, 5.74) is 1.82. The Balaban J connectivity index is 3.88. The molecule has 132 valence electrons. The highest BCUT2D eigenvalue weighted by molar-refractivity contribution is 7.30. The summed E-state index contributed by atoms with van der Waals surface area (Å²) in [4.78, 5) is 0. The van der Waals surface area contributed by atoms with Crippen LogP contribution in [-0.2, 0) is 10.8 Å². The highest BCUT2D eigenvalue weighted by Crippen LogP contribution is 2.38. The second-order valence-corrected chi connectivity index (χ2v) is 27.5. The van der Waals surface area contributed by atoms with Gasteiger partial charge in [0.1, 0.15) is 0 Å². The highest BCUT2D eigenvalue weighted by Gasteiger charge is 2.35. The predicted molar refractivity (Wildman–Crippen MR) is 113 cm³/mol. The zero-order valence-electron chi connectivity index (χ0n) is 17.6. The number of hydrogen-bond acceptors (Lipinski definition) is 1. The Morgan fingerprint density at radius 1 is 0.783 bits per heavy atom. The molecule has 4 heteroatoms. The quantitative estimate of drug-likeness (QED) is 0.578. The Labute approximate surface area is 148 Å². The first-order valence-electron chi connectivity index (χ1n) is 8.82. The van der Waals surface area contributed by atoms with Gasteiger partial charge in [0.15, 0.2) is 0 Å². The average molecular weight is 367 g/mol. The molecule has 0 radical (unpaired) electrons. The minimum absolute atomic E-state index is 0.143. The molecule has 0 aliphatic rings. The fraction of sp³-hybridized carbons (Fsp3) is 0.737. The molecule has 0 spiro atoms. The zero-order chi connectivity index (χ0) is 18.4. The summed E-state index contributed by atoms with van der Waals surface area (Å²) in [6.45, 7) is 28.6. The SMILES string of the molecule is CC(C)(C)c1ccc(C(C)(C)C)[si]([Si](C)(C)C)c1O[Si](C)(C)C. The lowest BCUT2D eigenvalue weighted by molar-refractivity contribution is 0.515. The van der Waals surface area contributed by atoms with Gasteiger partial charge in [0.2, 0.25) is 8.32 Å². The van der Waals surface area contributed by atoms with Crippen molar-refractivity contribution >= 4 is 23.8 Å². The Hall–Kier alpha value is -0.199. The molecule has 0 bridgehead atoms. The topological polar surface area (TPSA) is 9.23 Å². The van der Waals surface area contributed by atoms with E-state index in [0.29, 0.717) is 0 Å². The van der Waals surface area contributed by atoms with Crippen molar-refractivity contribution in [2.24, 2.45) is 0 Å². The van der Waals surface area contributed by atoms with Crippen molar-refractivity contribution in [1.29, 1.82) is 0 Å². The van der Waals surface area contributed by atoms with E-state index < -0.39 is 23.8 Å². The zero-order valence-corrected chi connectivity index (χ0v) is 20.6. The molecule has 1 aromatic rings. The fourth-order valence-electron chi connectivity index (χ4n) is 2.96. The van der Waals surface area contributed by atoms with E-state index in [9.17, 15) is 0 Å². The van der Waals surface area contributed by atoms with Gasteiger partial charge in [-0.15, -0.1) is 0 Å². The lowest BCUT2D eigenvalue weighted by Crippen LogP contribution is -2.43. The molecule has 23 heavy (non-hydrogen) atoms. The fourth-order valence-corrected chi connectivity index (χ4v) is 15.2. The van der Waals surface area contributed by atoms with Crippen LogP contribution < -0.4 is 4.43 Å². The van der Waals surface area contributed by atoms with Gasteiger partial charge in [0.05, 0.1) is 20.9 Å². The Morgan fingerprint density at radius 2 is 1.26 bits per heavy atom. The predicted octanol–water partition coefficient (Wildman–Crippen LogP) is 6.20. The van der Waals surface area contributed by atoms with Crippen molar-refractivity contribution < 1.29 is 4.43 Å². The van der Waals surface area contributed by atoms with E-state index in [2.05, 4.69) is 93.0 Å². The first-order chi connectivity index (χ1) is 9.94. The lowest BCUT2D eigenvalue weighted by Gasteiger charge is -2.36. The molecule has 0 aliphatic carbocycles. The highest BCUT2D eigenvalue weighted by atomic mass is 29.2. The van der Waals surface area contributed by atoms with Gasteiger partial charge in [0.25, 0.3) is 0 Å². The van der Waals surface area contributed by atoms with Crippen LogP contribution in [0.5, 0.6) is 5.36 Å². The molecule has 0 N–H and O–H groups in total. The third kappa shape index (κ3) is 5.40. The van der Waals surface area contributed by atoms with E-state index in [-0.39, 0.29) is 10.8 Å². The molecule has 0 saturated carbocycles.